The average Bonchev–Trinajstić information content (AvgIpc) is 1.88. The summed E-state index contributed by atoms with van der Waals surface area (Å²) in [7, 11) is 0. The molecule has 10 heavy (non-hydrogen) atoms. The molecule has 1 rings (SSSR count). The molecule has 0 aliphatic carbocycles. The molecule has 0 aromatic rings. The van der Waals surface area contributed by atoms with Crippen LogP contribution in [-0.4, -0.2) is 18.4 Å². The molecule has 1 heterocycles. The van der Waals surface area contributed by atoms with Crippen LogP contribution in [0, 0.1) is 11.3 Å². The fourth-order valence-corrected chi connectivity index (χ4v) is 0.635. The van der Waals surface area contributed by atoms with E-state index in [2.05, 4.69) is 4.99 Å². The van der Waals surface area contributed by atoms with Gasteiger partial charge in [-0.2, -0.15) is 5.26 Å². The Hall–Kier alpha value is -1.24. The molecule has 1 aliphatic rings. The van der Waals surface area contributed by atoms with Crippen molar-refractivity contribution in [3.8, 4) is 6.07 Å². The lowest BCUT2D eigenvalue weighted by Crippen LogP contribution is -2.24. The Kier molecular flexibility index (Phi) is 1.50. The molecule has 1 aliphatic heterocycles. The van der Waals surface area contributed by atoms with Crippen LogP contribution in [0.5, 0.6) is 0 Å². The van der Waals surface area contributed by atoms with Gasteiger partial charge in [-0.3, -0.25) is 4.99 Å². The Balaban J connectivity index is 2.89. The Labute approximate surface area is 56.5 Å². The molecule has 1 unspecified atom stereocenters. The predicted octanol–water partition coefficient (Wildman–Crippen LogP) is 1.16. The molecule has 52 valence electrons. The fourth-order valence-electron chi connectivity index (χ4n) is 0.635. The summed E-state index contributed by atoms with van der Waals surface area (Å²) in [5.41, 5.74) is -2.24. The van der Waals surface area contributed by atoms with Crippen LogP contribution in [0.15, 0.2) is 16.9 Å². The number of nitriles is 1. The molecule has 0 saturated carbocycles. The van der Waals surface area contributed by atoms with Gasteiger partial charge in [0, 0.05) is 6.08 Å². The van der Waals surface area contributed by atoms with Gasteiger partial charge in [-0.1, -0.05) is 0 Å². The normalized spacial score (nSPS) is 31.1. The lowest BCUT2D eigenvalue weighted by Gasteiger charge is -2.11. The SMILES string of the molecule is N#CC1(F)C=C(F)C=NC1. The zero-order chi connectivity index (χ0) is 7.61. The molecule has 0 N–H and O–H groups in total. The summed E-state index contributed by atoms with van der Waals surface area (Å²) in [6.07, 6.45) is 1.52. The minimum Gasteiger partial charge on any atom is -0.285 e. The minimum absolute atomic E-state index is 0.309. The first-order valence-corrected chi connectivity index (χ1v) is 2.65. The summed E-state index contributed by atoms with van der Waals surface area (Å²) in [6.45, 7) is -0.309. The Morgan fingerprint density at radius 3 is 2.90 bits per heavy atom. The Morgan fingerprint density at radius 2 is 2.50 bits per heavy atom. The zero-order valence-electron chi connectivity index (χ0n) is 5.01. The first-order valence-electron chi connectivity index (χ1n) is 2.65. The summed E-state index contributed by atoms with van der Waals surface area (Å²) in [4.78, 5) is 3.32. The van der Waals surface area contributed by atoms with Crippen molar-refractivity contribution in [3.05, 3.63) is 11.9 Å². The molecule has 0 aromatic carbocycles. The molecule has 1 atom stereocenters. The van der Waals surface area contributed by atoms with Crippen LogP contribution in [0.3, 0.4) is 0 Å². The van der Waals surface area contributed by atoms with Gasteiger partial charge in [0.05, 0.1) is 12.8 Å². The van der Waals surface area contributed by atoms with E-state index in [-0.39, 0.29) is 6.54 Å². The van der Waals surface area contributed by atoms with E-state index < -0.39 is 11.5 Å². The van der Waals surface area contributed by atoms with Crippen molar-refractivity contribution >= 4 is 6.21 Å². The first-order chi connectivity index (χ1) is 4.66. The van der Waals surface area contributed by atoms with Crippen LogP contribution in [0.4, 0.5) is 8.78 Å². The molecule has 0 fully saturated rings. The summed E-state index contributed by atoms with van der Waals surface area (Å²) < 4.78 is 24.9. The highest BCUT2D eigenvalue weighted by molar-refractivity contribution is 5.77. The van der Waals surface area contributed by atoms with Crippen LogP contribution in [0.1, 0.15) is 0 Å². The third kappa shape index (κ3) is 1.18. The highest BCUT2D eigenvalue weighted by atomic mass is 19.1. The maximum atomic E-state index is 12.8. The third-order valence-corrected chi connectivity index (χ3v) is 1.09. The highest BCUT2D eigenvalue weighted by Crippen LogP contribution is 2.18. The first kappa shape index (κ1) is 6.87. The molecule has 0 bridgehead atoms. The van der Waals surface area contributed by atoms with Crippen molar-refractivity contribution < 1.29 is 8.78 Å². The average molecular weight is 142 g/mol. The van der Waals surface area contributed by atoms with Crippen molar-refractivity contribution in [3.63, 3.8) is 0 Å². The number of alkyl halides is 1. The van der Waals surface area contributed by atoms with E-state index >= 15 is 0 Å². The van der Waals surface area contributed by atoms with E-state index in [1.54, 1.807) is 0 Å². The van der Waals surface area contributed by atoms with Gasteiger partial charge in [0.1, 0.15) is 11.9 Å². The van der Waals surface area contributed by atoms with E-state index in [1.165, 1.54) is 6.07 Å². The third-order valence-electron chi connectivity index (χ3n) is 1.09. The fraction of sp³-hybridized carbons (Fsp3) is 0.333. The van der Waals surface area contributed by atoms with Gasteiger partial charge in [0.2, 0.25) is 5.67 Å². The molecular formula is C6H4F2N2. The number of hydrogen-bond acceptors (Lipinski definition) is 2. The molecule has 2 nitrogen and oxygen atoms in total. The van der Waals surface area contributed by atoms with E-state index in [4.69, 9.17) is 5.26 Å². The number of allylic oxidation sites excluding steroid dienone is 1. The van der Waals surface area contributed by atoms with Gasteiger partial charge in [-0.15, -0.1) is 0 Å². The molecule has 0 aromatic heterocycles. The van der Waals surface area contributed by atoms with Gasteiger partial charge < -0.3 is 0 Å². The molecule has 0 saturated heterocycles. The number of dihydropyridines is 1. The quantitative estimate of drug-likeness (QED) is 0.499. The van der Waals surface area contributed by atoms with Gasteiger partial charge in [-0.25, -0.2) is 8.78 Å². The molecule has 0 radical (unpaired) electrons. The van der Waals surface area contributed by atoms with Crippen LogP contribution < -0.4 is 0 Å². The monoisotopic (exact) mass is 142 g/mol. The van der Waals surface area contributed by atoms with Gasteiger partial charge in [0.15, 0.2) is 0 Å². The van der Waals surface area contributed by atoms with Gasteiger partial charge in [0.25, 0.3) is 0 Å². The molecule has 0 amide bonds. The summed E-state index contributed by atoms with van der Waals surface area (Å²) in [5.74, 6) is -0.796. The van der Waals surface area contributed by atoms with E-state index in [9.17, 15) is 8.78 Å². The predicted molar refractivity (Wildman–Crippen MR) is 32.0 cm³/mol. The van der Waals surface area contributed by atoms with Crippen LogP contribution >= 0.6 is 0 Å². The van der Waals surface area contributed by atoms with Crippen LogP contribution in [-0.2, 0) is 0 Å². The lowest BCUT2D eigenvalue weighted by molar-refractivity contribution is 0.311. The van der Waals surface area contributed by atoms with E-state index in [1.807, 2.05) is 0 Å². The highest BCUT2D eigenvalue weighted by Gasteiger charge is 2.29. The molecular weight excluding hydrogens is 138 g/mol. The molecule has 4 heteroatoms. The second-order valence-electron chi connectivity index (χ2n) is 1.97. The summed E-state index contributed by atoms with van der Waals surface area (Å²) in [6, 6.07) is 1.31. The van der Waals surface area contributed by atoms with Crippen molar-refractivity contribution in [1.29, 1.82) is 5.26 Å². The summed E-state index contributed by atoms with van der Waals surface area (Å²) in [5, 5.41) is 8.16. The van der Waals surface area contributed by atoms with Crippen molar-refractivity contribution in [2.45, 2.75) is 5.67 Å². The van der Waals surface area contributed by atoms with Crippen LogP contribution in [0.25, 0.3) is 0 Å². The topological polar surface area (TPSA) is 36.1 Å². The van der Waals surface area contributed by atoms with Gasteiger partial charge in [-0.05, 0) is 0 Å². The number of nitrogens with zero attached hydrogens (tertiary/aromatic N) is 2. The number of halogens is 2. The van der Waals surface area contributed by atoms with Crippen LogP contribution in [0.2, 0.25) is 0 Å². The molecule has 0 spiro atoms. The van der Waals surface area contributed by atoms with Crippen molar-refractivity contribution in [2.24, 2.45) is 4.99 Å². The number of rotatable bonds is 0. The minimum atomic E-state index is -2.24. The van der Waals surface area contributed by atoms with Crippen molar-refractivity contribution in [1.82, 2.24) is 0 Å². The Bertz CT molecular complexity index is 239. The second-order valence-corrected chi connectivity index (χ2v) is 1.97. The smallest absolute Gasteiger partial charge is 0.236 e. The Morgan fingerprint density at radius 1 is 1.80 bits per heavy atom. The second kappa shape index (κ2) is 2.18. The largest absolute Gasteiger partial charge is 0.285 e. The van der Waals surface area contributed by atoms with Gasteiger partial charge >= 0.3 is 0 Å². The standard InChI is InChI=1S/C6H4F2N2/c7-5-1-6(8,3-9)4-10-2-5/h1-2H,4H2. The number of hydrogen-bond donors (Lipinski definition) is 0. The lowest BCUT2D eigenvalue weighted by atomic mass is 10.1. The van der Waals surface area contributed by atoms with E-state index in [0.717, 1.165) is 6.21 Å². The van der Waals surface area contributed by atoms with E-state index in [0.29, 0.717) is 6.08 Å². The maximum absolute atomic E-state index is 12.8. The maximum Gasteiger partial charge on any atom is 0.236 e. The number of aliphatic imine (C=N–C) groups is 1. The summed E-state index contributed by atoms with van der Waals surface area (Å²) >= 11 is 0. The zero-order valence-corrected chi connectivity index (χ0v) is 5.01. The van der Waals surface area contributed by atoms with Crippen molar-refractivity contribution in [2.75, 3.05) is 6.54 Å².